The van der Waals surface area contributed by atoms with Crippen molar-refractivity contribution in [3.63, 3.8) is 0 Å². The van der Waals surface area contributed by atoms with Gasteiger partial charge in [0, 0.05) is 6.04 Å². The predicted octanol–water partition coefficient (Wildman–Crippen LogP) is 4.46. The summed E-state index contributed by atoms with van der Waals surface area (Å²) in [6.45, 7) is 3.41. The van der Waals surface area contributed by atoms with Crippen LogP contribution >= 0.6 is 0 Å². The van der Waals surface area contributed by atoms with Gasteiger partial charge < -0.3 is 5.73 Å². The number of rotatable bonds is 3. The zero-order valence-corrected chi connectivity index (χ0v) is 13.2. The number of likely N-dealkylation sites (tertiary alicyclic amines) is 1. The van der Waals surface area contributed by atoms with Crippen molar-refractivity contribution in [1.29, 1.82) is 0 Å². The van der Waals surface area contributed by atoms with Crippen LogP contribution in [0, 0.1) is 5.92 Å². The van der Waals surface area contributed by atoms with Gasteiger partial charge in [-0.3, -0.25) is 4.90 Å². The molecular weight excluding hydrogens is 334 g/mol. The third-order valence-electron chi connectivity index (χ3n) is 4.62. The Bertz CT molecular complexity index is 526. The summed E-state index contributed by atoms with van der Waals surface area (Å²) in [5.74, 6) is 0.362. The first kappa shape index (κ1) is 19.1. The maximum Gasteiger partial charge on any atom is 0.416 e. The van der Waals surface area contributed by atoms with E-state index in [9.17, 15) is 26.3 Å². The number of hydrogen-bond donors (Lipinski definition) is 1. The fourth-order valence-corrected chi connectivity index (χ4v) is 3.01. The summed E-state index contributed by atoms with van der Waals surface area (Å²) in [4.78, 5) is 1.90. The molecule has 1 unspecified atom stereocenters. The van der Waals surface area contributed by atoms with Crippen molar-refractivity contribution in [1.82, 2.24) is 4.90 Å². The smallest absolute Gasteiger partial charge is 0.330 e. The molecule has 0 saturated carbocycles. The molecule has 1 saturated heterocycles. The van der Waals surface area contributed by atoms with E-state index in [1.807, 2.05) is 4.90 Å². The monoisotopic (exact) mass is 354 g/mol. The van der Waals surface area contributed by atoms with Gasteiger partial charge in [-0.05, 0) is 69.1 Å². The lowest BCUT2D eigenvalue weighted by Gasteiger charge is -2.36. The van der Waals surface area contributed by atoms with Gasteiger partial charge in [-0.1, -0.05) is 0 Å². The highest BCUT2D eigenvalue weighted by atomic mass is 19.4. The molecule has 1 aliphatic rings. The molecule has 0 aromatic heterocycles. The van der Waals surface area contributed by atoms with Gasteiger partial charge in [0.15, 0.2) is 0 Å². The van der Waals surface area contributed by atoms with Crippen molar-refractivity contribution < 1.29 is 26.3 Å². The van der Waals surface area contributed by atoms with E-state index in [0.29, 0.717) is 25.6 Å². The van der Waals surface area contributed by atoms with Gasteiger partial charge in [0.1, 0.15) is 0 Å². The summed E-state index contributed by atoms with van der Waals surface area (Å²) in [5, 5.41) is 0. The van der Waals surface area contributed by atoms with Crippen LogP contribution in [0.25, 0.3) is 0 Å². The summed E-state index contributed by atoms with van der Waals surface area (Å²) in [7, 11) is 0. The second-order valence-corrected chi connectivity index (χ2v) is 6.23. The van der Waals surface area contributed by atoms with Gasteiger partial charge in [0.05, 0.1) is 11.1 Å². The largest absolute Gasteiger partial charge is 0.416 e. The average molecular weight is 354 g/mol. The van der Waals surface area contributed by atoms with Crippen LogP contribution in [0.5, 0.6) is 0 Å². The summed E-state index contributed by atoms with van der Waals surface area (Å²) >= 11 is 0. The van der Waals surface area contributed by atoms with E-state index in [1.54, 1.807) is 6.92 Å². The molecule has 2 N–H and O–H groups in total. The fraction of sp³-hybridized carbons (Fsp3) is 0.625. The molecular formula is C16H20F6N2. The van der Waals surface area contributed by atoms with Crippen LogP contribution in [0.4, 0.5) is 26.3 Å². The van der Waals surface area contributed by atoms with Crippen molar-refractivity contribution >= 4 is 0 Å². The van der Waals surface area contributed by atoms with Gasteiger partial charge >= 0.3 is 12.4 Å². The minimum absolute atomic E-state index is 0.0309. The van der Waals surface area contributed by atoms with Crippen molar-refractivity contribution in [3.8, 4) is 0 Å². The molecule has 0 amide bonds. The summed E-state index contributed by atoms with van der Waals surface area (Å²) in [6.07, 6.45) is -8.04. The first-order valence-corrected chi connectivity index (χ1v) is 7.76. The highest BCUT2D eigenvalue weighted by Crippen LogP contribution is 2.38. The van der Waals surface area contributed by atoms with Crippen LogP contribution in [-0.4, -0.2) is 24.5 Å². The second kappa shape index (κ2) is 6.92. The number of nitrogens with two attached hydrogens (primary N) is 1. The maximum atomic E-state index is 12.9. The Balaban J connectivity index is 2.31. The van der Waals surface area contributed by atoms with Crippen LogP contribution in [0.3, 0.4) is 0 Å². The molecule has 2 nitrogen and oxygen atoms in total. The van der Waals surface area contributed by atoms with Crippen LogP contribution in [0.15, 0.2) is 18.2 Å². The molecule has 136 valence electrons. The lowest BCUT2D eigenvalue weighted by molar-refractivity contribution is -0.143. The van der Waals surface area contributed by atoms with E-state index < -0.39 is 29.5 Å². The molecule has 1 aromatic rings. The van der Waals surface area contributed by atoms with Crippen molar-refractivity contribution in [2.75, 3.05) is 19.6 Å². The molecule has 0 radical (unpaired) electrons. The second-order valence-electron chi connectivity index (χ2n) is 6.23. The molecule has 8 heteroatoms. The van der Waals surface area contributed by atoms with Gasteiger partial charge in [0.25, 0.3) is 0 Å². The van der Waals surface area contributed by atoms with Crippen molar-refractivity contribution in [3.05, 3.63) is 34.9 Å². The lowest BCUT2D eigenvalue weighted by Crippen LogP contribution is -2.37. The van der Waals surface area contributed by atoms with E-state index in [-0.39, 0.29) is 11.6 Å². The Kier molecular flexibility index (Phi) is 5.49. The highest BCUT2D eigenvalue weighted by Gasteiger charge is 2.37. The first-order valence-electron chi connectivity index (χ1n) is 7.76. The van der Waals surface area contributed by atoms with Gasteiger partial charge in [0.2, 0.25) is 0 Å². The van der Waals surface area contributed by atoms with E-state index in [4.69, 9.17) is 5.73 Å². The highest BCUT2D eigenvalue weighted by molar-refractivity contribution is 5.35. The van der Waals surface area contributed by atoms with E-state index in [0.717, 1.165) is 25.0 Å². The van der Waals surface area contributed by atoms with Gasteiger partial charge in [-0.15, -0.1) is 0 Å². The molecule has 0 aliphatic carbocycles. The van der Waals surface area contributed by atoms with Gasteiger partial charge in [-0.2, -0.15) is 26.3 Å². The number of alkyl halides is 6. The molecule has 1 aliphatic heterocycles. The molecule has 1 atom stereocenters. The Morgan fingerprint density at radius 1 is 1.00 bits per heavy atom. The number of benzene rings is 1. The Hall–Kier alpha value is -1.28. The van der Waals surface area contributed by atoms with Crippen LogP contribution in [0.2, 0.25) is 0 Å². The van der Waals surface area contributed by atoms with E-state index in [2.05, 4.69) is 0 Å². The van der Waals surface area contributed by atoms with E-state index in [1.165, 1.54) is 0 Å². The molecule has 0 spiro atoms. The van der Waals surface area contributed by atoms with Crippen LogP contribution in [0.1, 0.15) is 42.5 Å². The van der Waals surface area contributed by atoms with Crippen LogP contribution < -0.4 is 5.73 Å². The summed E-state index contributed by atoms with van der Waals surface area (Å²) in [5.41, 5.74) is 3.10. The SMILES string of the molecule is CC(c1cc(C(F)(F)F)cc(C(F)(F)F)c1)N1CCC(CN)CC1. The molecule has 2 rings (SSSR count). The maximum absolute atomic E-state index is 12.9. The normalized spacial score (nSPS) is 19.5. The zero-order chi connectivity index (χ0) is 18.1. The number of piperidine rings is 1. The Morgan fingerprint density at radius 3 is 1.83 bits per heavy atom. The topological polar surface area (TPSA) is 29.3 Å². The Morgan fingerprint density at radius 2 is 1.46 bits per heavy atom. The lowest BCUT2D eigenvalue weighted by atomic mass is 9.93. The quantitative estimate of drug-likeness (QED) is 0.813. The number of halogens is 6. The fourth-order valence-electron chi connectivity index (χ4n) is 3.01. The van der Waals surface area contributed by atoms with E-state index >= 15 is 0 Å². The third kappa shape index (κ3) is 4.42. The van der Waals surface area contributed by atoms with Crippen molar-refractivity contribution in [2.45, 2.75) is 38.2 Å². The Labute approximate surface area is 136 Å². The van der Waals surface area contributed by atoms with Gasteiger partial charge in [-0.25, -0.2) is 0 Å². The number of hydrogen-bond acceptors (Lipinski definition) is 2. The van der Waals surface area contributed by atoms with Crippen molar-refractivity contribution in [2.24, 2.45) is 11.7 Å². The number of nitrogens with zero attached hydrogens (tertiary/aromatic N) is 1. The minimum atomic E-state index is -4.82. The molecule has 1 heterocycles. The molecule has 24 heavy (non-hydrogen) atoms. The molecule has 1 aromatic carbocycles. The minimum Gasteiger partial charge on any atom is -0.330 e. The standard InChI is InChI=1S/C16H20F6N2/c1-10(24-4-2-11(9-23)3-5-24)12-6-13(15(17,18)19)8-14(7-12)16(20,21)22/h6-8,10-11H,2-5,9,23H2,1H3. The average Bonchev–Trinajstić information content (AvgIpc) is 2.52. The zero-order valence-electron chi connectivity index (χ0n) is 13.2. The third-order valence-corrected chi connectivity index (χ3v) is 4.62. The molecule has 1 fully saturated rings. The van der Waals surface area contributed by atoms with Crippen LogP contribution in [-0.2, 0) is 12.4 Å². The molecule has 0 bridgehead atoms. The predicted molar refractivity (Wildman–Crippen MR) is 78.2 cm³/mol. The summed E-state index contributed by atoms with van der Waals surface area (Å²) in [6, 6.07) is 1.27. The first-order chi connectivity index (χ1) is 11.0. The summed E-state index contributed by atoms with van der Waals surface area (Å²) < 4.78 is 77.7.